The van der Waals surface area contributed by atoms with Crippen molar-refractivity contribution < 1.29 is 5.11 Å². The normalized spacial score (nSPS) is 39.0. The lowest BCUT2D eigenvalue weighted by atomic mass is 9.93. The van der Waals surface area contributed by atoms with E-state index in [9.17, 15) is 5.11 Å². The number of rotatable bonds is 1. The highest BCUT2D eigenvalue weighted by Gasteiger charge is 2.30. The minimum absolute atomic E-state index is 0.0787. The molecule has 1 saturated heterocycles. The third kappa shape index (κ3) is 1.99. The van der Waals surface area contributed by atoms with Gasteiger partial charge in [-0.1, -0.05) is 0 Å². The fraction of sp³-hybridized carbons (Fsp3) is 1.00. The van der Waals surface area contributed by atoms with Gasteiger partial charge in [0.1, 0.15) is 0 Å². The maximum atomic E-state index is 9.52. The quantitative estimate of drug-likeness (QED) is 0.648. The Hall–Kier alpha value is -0.0800. The molecule has 0 amide bonds. The van der Waals surface area contributed by atoms with Crippen molar-refractivity contribution in [1.29, 1.82) is 0 Å². The van der Waals surface area contributed by atoms with Gasteiger partial charge in [-0.25, -0.2) is 0 Å². The molecule has 2 unspecified atom stereocenters. The SMILES string of the molecule is CC(C)N1C(C)CC(O)C[C@H]1C. The van der Waals surface area contributed by atoms with Crippen LogP contribution in [0.25, 0.3) is 0 Å². The van der Waals surface area contributed by atoms with Gasteiger partial charge in [-0.3, -0.25) is 4.90 Å². The lowest BCUT2D eigenvalue weighted by Crippen LogP contribution is -2.51. The summed E-state index contributed by atoms with van der Waals surface area (Å²) >= 11 is 0. The van der Waals surface area contributed by atoms with E-state index in [1.807, 2.05) is 0 Å². The highest BCUT2D eigenvalue weighted by molar-refractivity contribution is 4.85. The van der Waals surface area contributed by atoms with Gasteiger partial charge < -0.3 is 5.11 Å². The van der Waals surface area contributed by atoms with Crippen LogP contribution in [0.3, 0.4) is 0 Å². The third-order valence-electron chi connectivity index (χ3n) is 2.84. The molecule has 1 N–H and O–H groups in total. The molecular formula is C10H21NO. The fourth-order valence-corrected chi connectivity index (χ4v) is 2.58. The summed E-state index contributed by atoms with van der Waals surface area (Å²) in [6.07, 6.45) is 1.79. The van der Waals surface area contributed by atoms with Crippen molar-refractivity contribution in [2.75, 3.05) is 0 Å². The van der Waals surface area contributed by atoms with E-state index in [0.29, 0.717) is 18.1 Å². The molecule has 2 nitrogen and oxygen atoms in total. The zero-order valence-corrected chi connectivity index (χ0v) is 8.62. The Balaban J connectivity index is 2.60. The van der Waals surface area contributed by atoms with Gasteiger partial charge in [0.05, 0.1) is 6.10 Å². The van der Waals surface area contributed by atoms with Crippen LogP contribution in [0.1, 0.15) is 40.5 Å². The number of aliphatic hydroxyl groups is 1. The summed E-state index contributed by atoms with van der Waals surface area (Å²) in [5.41, 5.74) is 0. The van der Waals surface area contributed by atoms with Crippen molar-refractivity contribution in [3.63, 3.8) is 0 Å². The second kappa shape index (κ2) is 3.75. The van der Waals surface area contributed by atoms with Crippen molar-refractivity contribution in [2.24, 2.45) is 0 Å². The van der Waals surface area contributed by atoms with Crippen LogP contribution in [-0.4, -0.2) is 34.2 Å². The number of hydrogen-bond acceptors (Lipinski definition) is 2. The number of likely N-dealkylation sites (tertiary alicyclic amines) is 1. The van der Waals surface area contributed by atoms with Crippen molar-refractivity contribution in [1.82, 2.24) is 4.90 Å². The summed E-state index contributed by atoms with van der Waals surface area (Å²) in [6.45, 7) is 8.87. The average molecular weight is 171 g/mol. The Bertz CT molecular complexity index is 135. The minimum Gasteiger partial charge on any atom is -0.393 e. The Kier molecular flexibility index (Phi) is 3.13. The summed E-state index contributed by atoms with van der Waals surface area (Å²) in [7, 11) is 0. The number of nitrogens with zero attached hydrogens (tertiary/aromatic N) is 1. The van der Waals surface area contributed by atoms with Gasteiger partial charge in [-0.05, 0) is 40.5 Å². The summed E-state index contributed by atoms with van der Waals surface area (Å²) < 4.78 is 0. The summed E-state index contributed by atoms with van der Waals surface area (Å²) in [5, 5.41) is 9.52. The predicted octanol–water partition coefficient (Wildman–Crippen LogP) is 1.63. The van der Waals surface area contributed by atoms with E-state index in [1.54, 1.807) is 0 Å². The topological polar surface area (TPSA) is 23.5 Å². The Morgan fingerprint density at radius 3 is 1.92 bits per heavy atom. The molecule has 0 aromatic carbocycles. The molecule has 2 heteroatoms. The number of aliphatic hydroxyl groups excluding tert-OH is 1. The van der Waals surface area contributed by atoms with Gasteiger partial charge in [-0.15, -0.1) is 0 Å². The first-order chi connectivity index (χ1) is 5.52. The molecule has 0 aromatic rings. The van der Waals surface area contributed by atoms with Crippen LogP contribution in [0.2, 0.25) is 0 Å². The Morgan fingerprint density at radius 1 is 1.17 bits per heavy atom. The molecule has 0 radical (unpaired) electrons. The zero-order valence-electron chi connectivity index (χ0n) is 8.62. The molecule has 1 rings (SSSR count). The average Bonchev–Trinajstić information content (AvgIpc) is 1.82. The molecule has 1 heterocycles. The van der Waals surface area contributed by atoms with Gasteiger partial charge in [0.25, 0.3) is 0 Å². The number of hydrogen-bond donors (Lipinski definition) is 1. The van der Waals surface area contributed by atoms with Crippen LogP contribution in [-0.2, 0) is 0 Å². The highest BCUT2D eigenvalue weighted by Crippen LogP contribution is 2.24. The van der Waals surface area contributed by atoms with Gasteiger partial charge in [-0.2, -0.15) is 0 Å². The maximum Gasteiger partial charge on any atom is 0.0569 e. The fourth-order valence-electron chi connectivity index (χ4n) is 2.58. The van der Waals surface area contributed by atoms with E-state index in [0.717, 1.165) is 12.8 Å². The highest BCUT2D eigenvalue weighted by atomic mass is 16.3. The van der Waals surface area contributed by atoms with E-state index in [2.05, 4.69) is 32.6 Å². The molecule has 0 aliphatic carbocycles. The monoisotopic (exact) mass is 171 g/mol. The molecule has 3 atom stereocenters. The van der Waals surface area contributed by atoms with E-state index >= 15 is 0 Å². The lowest BCUT2D eigenvalue weighted by Gasteiger charge is -2.43. The first-order valence-electron chi connectivity index (χ1n) is 4.98. The molecule has 1 aliphatic heterocycles. The van der Waals surface area contributed by atoms with Crippen LogP contribution in [0.5, 0.6) is 0 Å². The van der Waals surface area contributed by atoms with E-state index in [-0.39, 0.29) is 6.10 Å². The van der Waals surface area contributed by atoms with E-state index in [1.165, 1.54) is 0 Å². The molecule has 0 spiro atoms. The second-order valence-electron chi connectivity index (χ2n) is 4.36. The Morgan fingerprint density at radius 2 is 1.58 bits per heavy atom. The van der Waals surface area contributed by atoms with Gasteiger partial charge >= 0.3 is 0 Å². The van der Waals surface area contributed by atoms with E-state index < -0.39 is 0 Å². The molecule has 12 heavy (non-hydrogen) atoms. The standard InChI is InChI=1S/C10H21NO/c1-7(2)11-8(3)5-10(12)6-9(11)4/h7-10,12H,5-6H2,1-4H3/t8-,9?,10?/m1/s1. The molecule has 0 aromatic heterocycles. The summed E-state index contributed by atoms with van der Waals surface area (Å²) in [4.78, 5) is 2.49. The van der Waals surface area contributed by atoms with E-state index in [4.69, 9.17) is 0 Å². The van der Waals surface area contributed by atoms with Crippen LogP contribution >= 0.6 is 0 Å². The van der Waals surface area contributed by atoms with Crippen LogP contribution in [0.15, 0.2) is 0 Å². The summed E-state index contributed by atoms with van der Waals surface area (Å²) in [6, 6.07) is 1.66. The molecule has 72 valence electrons. The minimum atomic E-state index is -0.0787. The summed E-state index contributed by atoms with van der Waals surface area (Å²) in [5.74, 6) is 0. The third-order valence-corrected chi connectivity index (χ3v) is 2.84. The lowest BCUT2D eigenvalue weighted by molar-refractivity contribution is -0.00378. The van der Waals surface area contributed by atoms with Gasteiger partial charge in [0, 0.05) is 18.1 Å². The molecule has 0 saturated carbocycles. The number of piperidine rings is 1. The largest absolute Gasteiger partial charge is 0.393 e. The van der Waals surface area contributed by atoms with Crippen molar-refractivity contribution in [3.8, 4) is 0 Å². The van der Waals surface area contributed by atoms with Crippen molar-refractivity contribution in [3.05, 3.63) is 0 Å². The maximum absolute atomic E-state index is 9.52. The zero-order chi connectivity index (χ0) is 9.30. The first kappa shape index (κ1) is 10.0. The smallest absolute Gasteiger partial charge is 0.0569 e. The van der Waals surface area contributed by atoms with Crippen LogP contribution in [0.4, 0.5) is 0 Å². The molecule has 1 fully saturated rings. The van der Waals surface area contributed by atoms with Crippen molar-refractivity contribution in [2.45, 2.75) is 64.8 Å². The second-order valence-corrected chi connectivity index (χ2v) is 4.36. The van der Waals surface area contributed by atoms with Crippen LogP contribution < -0.4 is 0 Å². The van der Waals surface area contributed by atoms with Gasteiger partial charge in [0.15, 0.2) is 0 Å². The predicted molar refractivity (Wildman–Crippen MR) is 51.1 cm³/mol. The van der Waals surface area contributed by atoms with Crippen molar-refractivity contribution >= 4 is 0 Å². The first-order valence-corrected chi connectivity index (χ1v) is 4.98. The van der Waals surface area contributed by atoms with Gasteiger partial charge in [0.2, 0.25) is 0 Å². The molecular weight excluding hydrogens is 150 g/mol. The van der Waals surface area contributed by atoms with Crippen LogP contribution in [0, 0.1) is 0 Å². The molecule has 1 aliphatic rings. The Labute approximate surface area is 75.6 Å². The molecule has 0 bridgehead atoms.